The minimum atomic E-state index is -0.179. The van der Waals surface area contributed by atoms with Crippen LogP contribution in [0.3, 0.4) is 0 Å². The summed E-state index contributed by atoms with van der Waals surface area (Å²) in [7, 11) is 1.65. The highest BCUT2D eigenvalue weighted by Crippen LogP contribution is 2.36. The van der Waals surface area contributed by atoms with E-state index in [2.05, 4.69) is 10.4 Å². The van der Waals surface area contributed by atoms with Crippen molar-refractivity contribution in [1.29, 1.82) is 0 Å². The monoisotopic (exact) mass is 414 g/mol. The summed E-state index contributed by atoms with van der Waals surface area (Å²) in [6, 6.07) is 5.79. The second-order valence-electron chi connectivity index (χ2n) is 8.28. The van der Waals surface area contributed by atoms with Crippen LogP contribution < -0.4 is 25.2 Å². The molecule has 5 rings (SSSR count). The number of ether oxygens (including phenoxy) is 3. The van der Waals surface area contributed by atoms with Crippen LogP contribution >= 0.6 is 0 Å². The molecule has 2 aliphatic heterocycles. The van der Waals surface area contributed by atoms with Crippen LogP contribution in [0.1, 0.15) is 37.9 Å². The first kappa shape index (κ1) is 19.0. The average Bonchev–Trinajstić information content (AvgIpc) is 3.33. The Morgan fingerprint density at radius 3 is 2.80 bits per heavy atom. The maximum Gasteiger partial charge on any atom is 0.345 e. The van der Waals surface area contributed by atoms with E-state index in [-0.39, 0.29) is 36.5 Å². The summed E-state index contributed by atoms with van der Waals surface area (Å²) in [6.07, 6.45) is 5.05. The Bertz CT molecular complexity index is 1010. The number of benzene rings is 1. The number of aromatic nitrogens is 3. The van der Waals surface area contributed by atoms with Crippen molar-refractivity contribution in [3.8, 4) is 17.2 Å². The van der Waals surface area contributed by atoms with E-state index in [1.165, 1.54) is 4.68 Å². The molecular weight excluding hydrogens is 388 g/mol. The predicted molar refractivity (Wildman–Crippen MR) is 107 cm³/mol. The van der Waals surface area contributed by atoms with E-state index >= 15 is 0 Å². The minimum absolute atomic E-state index is 0.0385. The Hall–Kier alpha value is -2.97. The molecule has 1 atom stereocenters. The highest BCUT2D eigenvalue weighted by molar-refractivity contribution is 5.79. The quantitative estimate of drug-likeness (QED) is 0.812. The third kappa shape index (κ3) is 3.64. The van der Waals surface area contributed by atoms with Gasteiger partial charge in [-0.3, -0.25) is 9.36 Å². The van der Waals surface area contributed by atoms with Crippen LogP contribution in [-0.4, -0.2) is 39.2 Å². The first-order valence-electron chi connectivity index (χ1n) is 10.6. The summed E-state index contributed by atoms with van der Waals surface area (Å²) in [6.45, 7) is 0.664. The van der Waals surface area contributed by atoms with Gasteiger partial charge in [0, 0.05) is 32.1 Å². The van der Waals surface area contributed by atoms with Crippen LogP contribution in [0.25, 0.3) is 0 Å². The Labute approximate surface area is 173 Å². The molecular formula is C21H26N4O5. The molecule has 1 saturated carbocycles. The molecule has 1 aliphatic carbocycles. The van der Waals surface area contributed by atoms with Gasteiger partial charge in [-0.25, -0.2) is 9.48 Å². The van der Waals surface area contributed by atoms with E-state index in [1.54, 1.807) is 11.6 Å². The lowest BCUT2D eigenvalue weighted by atomic mass is 9.91. The zero-order valence-electron chi connectivity index (χ0n) is 17.0. The molecule has 1 aromatic heterocycles. The van der Waals surface area contributed by atoms with Crippen molar-refractivity contribution in [2.75, 3.05) is 6.79 Å². The Morgan fingerprint density at radius 2 is 1.97 bits per heavy atom. The number of carbonyl (C=O) groups is 1. The second-order valence-corrected chi connectivity index (χ2v) is 8.28. The number of amides is 1. The standard InChI is InChI=1S/C21H26N4O5/c1-24-21(27)25-11-13(2-9-19(25)23-24)20(26)22-14-3-5-15(6-4-14)30-16-7-8-17-18(10-16)29-12-28-17/h7-8,10,13-15H,2-6,9,11-12H2,1H3,(H,22,26). The molecule has 1 N–H and O–H groups in total. The molecule has 9 nitrogen and oxygen atoms in total. The fourth-order valence-corrected chi connectivity index (χ4v) is 4.54. The van der Waals surface area contributed by atoms with E-state index in [4.69, 9.17) is 14.2 Å². The molecule has 1 amide bonds. The van der Waals surface area contributed by atoms with E-state index in [0.29, 0.717) is 13.0 Å². The van der Waals surface area contributed by atoms with Crippen LogP contribution in [0, 0.1) is 5.92 Å². The van der Waals surface area contributed by atoms with Gasteiger partial charge in [0.1, 0.15) is 11.6 Å². The largest absolute Gasteiger partial charge is 0.490 e. The molecule has 2 aromatic rings. The first-order valence-corrected chi connectivity index (χ1v) is 10.6. The van der Waals surface area contributed by atoms with Gasteiger partial charge in [-0.1, -0.05) is 0 Å². The van der Waals surface area contributed by atoms with Crippen molar-refractivity contribution in [3.63, 3.8) is 0 Å². The van der Waals surface area contributed by atoms with Crippen LogP contribution in [-0.2, 0) is 24.8 Å². The highest BCUT2D eigenvalue weighted by Gasteiger charge is 2.30. The molecule has 1 unspecified atom stereocenters. The van der Waals surface area contributed by atoms with Crippen molar-refractivity contribution < 1.29 is 19.0 Å². The van der Waals surface area contributed by atoms with Crippen molar-refractivity contribution in [1.82, 2.24) is 19.7 Å². The van der Waals surface area contributed by atoms with Gasteiger partial charge in [0.25, 0.3) is 0 Å². The van der Waals surface area contributed by atoms with Crippen LogP contribution in [0.2, 0.25) is 0 Å². The summed E-state index contributed by atoms with van der Waals surface area (Å²) >= 11 is 0. The van der Waals surface area contributed by atoms with Gasteiger partial charge >= 0.3 is 5.69 Å². The normalized spacial score (nSPS) is 24.9. The maximum atomic E-state index is 12.8. The Morgan fingerprint density at radius 1 is 1.17 bits per heavy atom. The summed E-state index contributed by atoms with van der Waals surface area (Å²) in [5.74, 6) is 2.88. The SMILES string of the molecule is Cn1nc2n(c1=O)CC(C(=O)NC1CCC(Oc3ccc4c(c3)OCO4)CC1)CC2. The molecule has 1 aromatic carbocycles. The molecule has 0 bridgehead atoms. The van der Waals surface area contributed by atoms with E-state index in [9.17, 15) is 9.59 Å². The molecule has 3 heterocycles. The third-order valence-electron chi connectivity index (χ3n) is 6.24. The third-order valence-corrected chi connectivity index (χ3v) is 6.24. The predicted octanol–water partition coefficient (Wildman–Crippen LogP) is 1.38. The molecule has 1 fully saturated rings. The molecule has 3 aliphatic rings. The summed E-state index contributed by atoms with van der Waals surface area (Å²) < 4.78 is 19.8. The molecule has 0 radical (unpaired) electrons. The smallest absolute Gasteiger partial charge is 0.345 e. The van der Waals surface area contributed by atoms with Crippen molar-refractivity contribution in [2.24, 2.45) is 13.0 Å². The fourth-order valence-electron chi connectivity index (χ4n) is 4.54. The lowest BCUT2D eigenvalue weighted by molar-refractivity contribution is -0.127. The van der Waals surface area contributed by atoms with Gasteiger partial charge in [0.05, 0.1) is 12.0 Å². The maximum absolute atomic E-state index is 12.8. The number of nitrogens with zero attached hydrogens (tertiary/aromatic N) is 3. The summed E-state index contributed by atoms with van der Waals surface area (Å²) in [4.78, 5) is 24.9. The van der Waals surface area contributed by atoms with Crippen molar-refractivity contribution >= 4 is 5.91 Å². The van der Waals surface area contributed by atoms with Gasteiger partial charge in [0.15, 0.2) is 11.5 Å². The van der Waals surface area contributed by atoms with Gasteiger partial charge in [0.2, 0.25) is 12.7 Å². The zero-order valence-corrected chi connectivity index (χ0v) is 17.0. The number of hydrogen-bond donors (Lipinski definition) is 1. The number of fused-ring (bicyclic) bond motifs is 2. The molecule has 30 heavy (non-hydrogen) atoms. The van der Waals surface area contributed by atoms with Gasteiger partial charge in [-0.05, 0) is 44.2 Å². The van der Waals surface area contributed by atoms with E-state index < -0.39 is 0 Å². The Kier molecular flexibility index (Phi) is 4.88. The molecule has 0 saturated heterocycles. The van der Waals surface area contributed by atoms with Crippen LogP contribution in [0.15, 0.2) is 23.0 Å². The number of carbonyl (C=O) groups excluding carboxylic acids is 1. The lowest BCUT2D eigenvalue weighted by Gasteiger charge is -2.31. The van der Waals surface area contributed by atoms with E-state index in [0.717, 1.165) is 55.2 Å². The van der Waals surface area contributed by atoms with Gasteiger partial charge in [-0.2, -0.15) is 5.10 Å². The molecule has 160 valence electrons. The fraction of sp³-hybridized carbons (Fsp3) is 0.571. The zero-order chi connectivity index (χ0) is 20.7. The Balaban J connectivity index is 1.12. The second kappa shape index (κ2) is 7.70. The first-order chi connectivity index (χ1) is 14.6. The van der Waals surface area contributed by atoms with E-state index in [1.807, 2.05) is 18.2 Å². The molecule has 9 heteroatoms. The average molecular weight is 414 g/mol. The molecule has 0 spiro atoms. The number of hydrogen-bond acceptors (Lipinski definition) is 6. The van der Waals surface area contributed by atoms with Crippen molar-refractivity contribution in [3.05, 3.63) is 34.5 Å². The highest BCUT2D eigenvalue weighted by atomic mass is 16.7. The van der Waals surface area contributed by atoms with Crippen LogP contribution in [0.4, 0.5) is 0 Å². The number of rotatable bonds is 4. The topological polar surface area (TPSA) is 96.6 Å². The number of nitrogens with one attached hydrogen (secondary N) is 1. The number of aryl methyl sites for hydroxylation is 2. The summed E-state index contributed by atoms with van der Waals surface area (Å²) in [5, 5.41) is 7.42. The lowest BCUT2D eigenvalue weighted by Crippen LogP contribution is -2.45. The minimum Gasteiger partial charge on any atom is -0.490 e. The van der Waals surface area contributed by atoms with Crippen molar-refractivity contribution in [2.45, 2.75) is 57.2 Å². The van der Waals surface area contributed by atoms with Gasteiger partial charge < -0.3 is 19.5 Å². The summed E-state index contributed by atoms with van der Waals surface area (Å²) in [5.41, 5.74) is -0.149. The van der Waals surface area contributed by atoms with Gasteiger partial charge in [-0.15, -0.1) is 0 Å². The van der Waals surface area contributed by atoms with Crippen LogP contribution in [0.5, 0.6) is 17.2 Å².